The maximum absolute atomic E-state index is 12.1. The minimum Gasteiger partial charge on any atom is -0.310 e. The van der Waals surface area contributed by atoms with Gasteiger partial charge < -0.3 is 4.98 Å². The molecule has 0 atom stereocenters. The van der Waals surface area contributed by atoms with Crippen LogP contribution in [-0.4, -0.2) is 9.97 Å². The van der Waals surface area contributed by atoms with Crippen LogP contribution in [0.5, 0.6) is 0 Å². The van der Waals surface area contributed by atoms with E-state index in [1.54, 1.807) is 0 Å². The molecule has 2 rings (SSSR count). The van der Waals surface area contributed by atoms with Crippen molar-refractivity contribution in [1.82, 2.24) is 9.97 Å². The lowest BCUT2D eigenvalue weighted by Crippen LogP contribution is -2.17. The fourth-order valence-corrected chi connectivity index (χ4v) is 2.42. The molecule has 0 aliphatic rings. The second kappa shape index (κ2) is 6.25. The summed E-state index contributed by atoms with van der Waals surface area (Å²) < 4.78 is 0. The third-order valence-corrected chi connectivity index (χ3v) is 3.56. The van der Waals surface area contributed by atoms with Gasteiger partial charge in [0.2, 0.25) is 0 Å². The van der Waals surface area contributed by atoms with Gasteiger partial charge in [0, 0.05) is 17.0 Å². The van der Waals surface area contributed by atoms with E-state index in [-0.39, 0.29) is 11.5 Å². The van der Waals surface area contributed by atoms with Crippen molar-refractivity contribution in [2.75, 3.05) is 0 Å². The first-order valence-corrected chi connectivity index (χ1v) is 7.58. The summed E-state index contributed by atoms with van der Waals surface area (Å²) >= 11 is 0. The van der Waals surface area contributed by atoms with Gasteiger partial charge in [0.1, 0.15) is 5.82 Å². The lowest BCUT2D eigenvalue weighted by Gasteiger charge is -2.11. The molecule has 0 radical (unpaired) electrons. The second-order valence-corrected chi connectivity index (χ2v) is 6.38. The number of H-pyrrole nitrogens is 1. The van der Waals surface area contributed by atoms with Gasteiger partial charge in [-0.1, -0.05) is 45.9 Å². The average molecular weight is 284 g/mol. The molecule has 3 nitrogen and oxygen atoms in total. The van der Waals surface area contributed by atoms with Crippen molar-refractivity contribution in [2.24, 2.45) is 5.92 Å². The predicted octanol–water partition coefficient (Wildman–Crippen LogP) is 4.07. The van der Waals surface area contributed by atoms with Crippen LogP contribution in [-0.2, 0) is 6.42 Å². The van der Waals surface area contributed by atoms with Gasteiger partial charge >= 0.3 is 0 Å². The Balaban J connectivity index is 2.53. The van der Waals surface area contributed by atoms with Crippen molar-refractivity contribution in [3.8, 4) is 11.3 Å². The van der Waals surface area contributed by atoms with E-state index in [2.05, 4.69) is 35.9 Å². The normalized spacial score (nSPS) is 11.4. The minimum atomic E-state index is -0.0436. The number of benzene rings is 1. The molecule has 0 amide bonds. The zero-order chi connectivity index (χ0) is 15.6. The average Bonchev–Trinajstić information content (AvgIpc) is 2.41. The highest BCUT2D eigenvalue weighted by molar-refractivity contribution is 5.63. The lowest BCUT2D eigenvalue weighted by atomic mass is 9.99. The summed E-state index contributed by atoms with van der Waals surface area (Å²) in [5.74, 6) is 1.56. The highest BCUT2D eigenvalue weighted by Gasteiger charge is 2.12. The van der Waals surface area contributed by atoms with Gasteiger partial charge in [-0.3, -0.25) is 4.79 Å². The molecule has 0 aliphatic heterocycles. The fraction of sp³-hybridized carbons (Fsp3) is 0.444. The van der Waals surface area contributed by atoms with Crippen molar-refractivity contribution < 1.29 is 0 Å². The molecule has 0 bridgehead atoms. The molecule has 1 aromatic carbocycles. The largest absolute Gasteiger partial charge is 0.310 e. The van der Waals surface area contributed by atoms with Gasteiger partial charge in [0.25, 0.3) is 5.56 Å². The van der Waals surface area contributed by atoms with Crippen LogP contribution in [0.3, 0.4) is 0 Å². The third-order valence-electron chi connectivity index (χ3n) is 3.56. The van der Waals surface area contributed by atoms with Crippen LogP contribution >= 0.6 is 0 Å². The second-order valence-electron chi connectivity index (χ2n) is 6.38. The molecule has 0 spiro atoms. The molecule has 1 N–H and O–H groups in total. The van der Waals surface area contributed by atoms with Crippen molar-refractivity contribution >= 4 is 0 Å². The Morgan fingerprint density at radius 1 is 1.19 bits per heavy atom. The Kier molecular flexibility index (Phi) is 4.61. The first kappa shape index (κ1) is 15.5. The molecule has 1 heterocycles. The van der Waals surface area contributed by atoms with Gasteiger partial charge in [-0.2, -0.15) is 0 Å². The number of hydrogen-bond donors (Lipinski definition) is 1. The van der Waals surface area contributed by atoms with Gasteiger partial charge in [-0.25, -0.2) is 4.98 Å². The molecule has 0 fully saturated rings. The van der Waals surface area contributed by atoms with Crippen LogP contribution in [0.4, 0.5) is 0 Å². The van der Waals surface area contributed by atoms with Crippen LogP contribution < -0.4 is 5.56 Å². The number of nitrogens with zero attached hydrogens (tertiary/aromatic N) is 1. The maximum atomic E-state index is 12.1. The number of aromatic nitrogens is 2. The summed E-state index contributed by atoms with van der Waals surface area (Å²) in [7, 11) is 0. The Morgan fingerprint density at radius 2 is 1.90 bits per heavy atom. The molecule has 0 saturated heterocycles. The van der Waals surface area contributed by atoms with Crippen LogP contribution in [0.2, 0.25) is 0 Å². The van der Waals surface area contributed by atoms with Crippen LogP contribution in [0.15, 0.2) is 29.1 Å². The molecular formula is C18H24N2O. The number of hydrogen-bond acceptors (Lipinski definition) is 2. The predicted molar refractivity (Wildman–Crippen MR) is 87.7 cm³/mol. The number of aromatic amines is 1. The van der Waals surface area contributed by atoms with Gasteiger partial charge in [-0.15, -0.1) is 0 Å². The maximum Gasteiger partial charge on any atom is 0.254 e. The zero-order valence-electron chi connectivity index (χ0n) is 13.5. The van der Waals surface area contributed by atoms with E-state index in [4.69, 9.17) is 0 Å². The summed E-state index contributed by atoms with van der Waals surface area (Å²) in [6.45, 7) is 10.3. The lowest BCUT2D eigenvalue weighted by molar-refractivity contribution is 0.647. The fourth-order valence-electron chi connectivity index (χ4n) is 2.42. The monoisotopic (exact) mass is 284 g/mol. The molecular weight excluding hydrogens is 260 g/mol. The standard InChI is InChI=1S/C18H24N2O/c1-11(2)9-14-7-6-8-15(10-14)16-13(5)18(21)20-17(19-16)12(3)4/h6-8,10-12H,9H2,1-5H3,(H,19,20,21). The van der Waals surface area contributed by atoms with Gasteiger partial charge in [0.15, 0.2) is 0 Å². The van der Waals surface area contributed by atoms with Crippen molar-refractivity contribution in [3.05, 3.63) is 51.6 Å². The quantitative estimate of drug-likeness (QED) is 0.920. The summed E-state index contributed by atoms with van der Waals surface area (Å²) in [4.78, 5) is 19.6. The summed E-state index contributed by atoms with van der Waals surface area (Å²) in [5, 5.41) is 0. The van der Waals surface area contributed by atoms with Crippen LogP contribution in [0, 0.1) is 12.8 Å². The topological polar surface area (TPSA) is 45.8 Å². The van der Waals surface area contributed by atoms with Crippen LogP contribution in [0.25, 0.3) is 11.3 Å². The number of rotatable bonds is 4. The molecule has 21 heavy (non-hydrogen) atoms. The molecule has 1 aromatic heterocycles. The highest BCUT2D eigenvalue weighted by Crippen LogP contribution is 2.22. The van der Waals surface area contributed by atoms with Crippen molar-refractivity contribution in [1.29, 1.82) is 0 Å². The molecule has 2 aromatic rings. The Labute approximate surface area is 126 Å². The first-order valence-electron chi connectivity index (χ1n) is 7.58. The molecule has 0 saturated carbocycles. The Bertz CT molecular complexity index is 684. The molecule has 112 valence electrons. The van der Waals surface area contributed by atoms with E-state index < -0.39 is 0 Å². The summed E-state index contributed by atoms with van der Waals surface area (Å²) in [6, 6.07) is 8.36. The van der Waals surface area contributed by atoms with Gasteiger partial charge in [-0.05, 0) is 30.9 Å². The Hall–Kier alpha value is -1.90. The SMILES string of the molecule is Cc1c(-c2cccc(CC(C)C)c2)nc(C(C)C)[nH]c1=O. The minimum absolute atomic E-state index is 0.0436. The smallest absolute Gasteiger partial charge is 0.254 e. The first-order chi connectivity index (χ1) is 9.88. The third kappa shape index (κ3) is 3.60. The van der Waals surface area contributed by atoms with E-state index in [0.29, 0.717) is 11.5 Å². The van der Waals surface area contributed by atoms with E-state index in [1.165, 1.54) is 5.56 Å². The van der Waals surface area contributed by atoms with Gasteiger partial charge in [0.05, 0.1) is 5.69 Å². The molecule has 0 aliphatic carbocycles. The molecule has 3 heteroatoms. The summed E-state index contributed by atoms with van der Waals surface area (Å²) in [6.07, 6.45) is 1.03. The van der Waals surface area contributed by atoms with E-state index in [0.717, 1.165) is 23.5 Å². The van der Waals surface area contributed by atoms with Crippen molar-refractivity contribution in [3.63, 3.8) is 0 Å². The van der Waals surface area contributed by atoms with Crippen molar-refractivity contribution in [2.45, 2.75) is 47.0 Å². The Morgan fingerprint density at radius 3 is 2.52 bits per heavy atom. The van der Waals surface area contributed by atoms with E-state index in [1.807, 2.05) is 32.9 Å². The van der Waals surface area contributed by atoms with E-state index >= 15 is 0 Å². The number of nitrogens with one attached hydrogen (secondary N) is 1. The molecule has 0 unspecified atom stereocenters. The summed E-state index contributed by atoms with van der Waals surface area (Å²) in [5.41, 5.74) is 3.75. The highest BCUT2D eigenvalue weighted by atomic mass is 16.1. The zero-order valence-corrected chi connectivity index (χ0v) is 13.5. The van der Waals surface area contributed by atoms with Crippen LogP contribution in [0.1, 0.15) is 50.6 Å². The van der Waals surface area contributed by atoms with E-state index in [9.17, 15) is 4.79 Å².